The zero-order chi connectivity index (χ0) is 15.6. The molecule has 0 radical (unpaired) electrons. The van der Waals surface area contributed by atoms with Crippen LogP contribution < -0.4 is 0 Å². The Kier molecular flexibility index (Phi) is 3.45. The van der Waals surface area contributed by atoms with E-state index in [0.717, 1.165) is 30.6 Å². The molecule has 3 aromatic heterocycles. The van der Waals surface area contributed by atoms with Crippen molar-refractivity contribution in [3.8, 4) is 0 Å². The molecule has 1 unspecified atom stereocenters. The highest BCUT2D eigenvalue weighted by Gasteiger charge is 2.28. The van der Waals surface area contributed by atoms with E-state index in [4.69, 9.17) is 0 Å². The van der Waals surface area contributed by atoms with Crippen molar-refractivity contribution >= 4 is 17.1 Å². The van der Waals surface area contributed by atoms with Gasteiger partial charge in [-0.05, 0) is 25.0 Å². The third-order valence-electron chi connectivity index (χ3n) is 4.26. The summed E-state index contributed by atoms with van der Waals surface area (Å²) in [6.07, 6.45) is 8.56. The molecule has 1 saturated heterocycles. The van der Waals surface area contributed by atoms with Gasteiger partial charge in [0.05, 0.1) is 5.69 Å². The summed E-state index contributed by atoms with van der Waals surface area (Å²) in [7, 11) is 0. The maximum Gasteiger partial charge on any atom is 0.253 e. The number of rotatable bonds is 2. The molecule has 1 fully saturated rings. The van der Waals surface area contributed by atoms with E-state index < -0.39 is 0 Å². The van der Waals surface area contributed by atoms with Gasteiger partial charge >= 0.3 is 0 Å². The van der Waals surface area contributed by atoms with E-state index in [-0.39, 0.29) is 11.8 Å². The number of piperidine rings is 1. The van der Waals surface area contributed by atoms with Crippen LogP contribution in [0, 0.1) is 0 Å². The van der Waals surface area contributed by atoms with Gasteiger partial charge in [-0.15, -0.1) is 0 Å². The standard InChI is InChI=1S/C16H16N6O/c23-16(11-3-5-17-6-4-11)22-9-1-2-12(10-22)13-14-15(21-20-13)19-8-7-18-14/h3-8,12H,1-2,9-10H2,(H,19,20,21). The van der Waals surface area contributed by atoms with Crippen molar-refractivity contribution < 1.29 is 4.79 Å². The van der Waals surface area contributed by atoms with Crippen LogP contribution in [0.5, 0.6) is 0 Å². The molecule has 1 aliphatic heterocycles. The van der Waals surface area contributed by atoms with Gasteiger partial charge in [0.25, 0.3) is 5.91 Å². The first-order valence-electron chi connectivity index (χ1n) is 7.67. The smallest absolute Gasteiger partial charge is 0.253 e. The van der Waals surface area contributed by atoms with Crippen LogP contribution in [0.15, 0.2) is 36.9 Å². The zero-order valence-corrected chi connectivity index (χ0v) is 12.5. The Bertz CT molecular complexity index is 831. The van der Waals surface area contributed by atoms with Gasteiger partial charge in [0.1, 0.15) is 5.52 Å². The van der Waals surface area contributed by atoms with Gasteiger partial charge in [0.15, 0.2) is 5.65 Å². The number of fused-ring (bicyclic) bond motifs is 1. The second-order valence-corrected chi connectivity index (χ2v) is 5.69. The van der Waals surface area contributed by atoms with E-state index in [2.05, 4.69) is 25.1 Å². The molecule has 116 valence electrons. The van der Waals surface area contributed by atoms with Gasteiger partial charge in [0, 0.05) is 49.4 Å². The molecule has 1 atom stereocenters. The Morgan fingerprint density at radius 2 is 2.00 bits per heavy atom. The molecule has 0 spiro atoms. The Morgan fingerprint density at radius 3 is 2.87 bits per heavy atom. The summed E-state index contributed by atoms with van der Waals surface area (Å²) in [5, 5.41) is 7.27. The van der Waals surface area contributed by atoms with Crippen molar-refractivity contribution in [3.63, 3.8) is 0 Å². The lowest BCUT2D eigenvalue weighted by atomic mass is 9.94. The molecule has 23 heavy (non-hydrogen) atoms. The van der Waals surface area contributed by atoms with Crippen LogP contribution in [0.1, 0.15) is 34.8 Å². The normalized spacial score (nSPS) is 18.3. The minimum atomic E-state index is 0.0482. The second-order valence-electron chi connectivity index (χ2n) is 5.69. The summed E-state index contributed by atoms with van der Waals surface area (Å²) < 4.78 is 0. The zero-order valence-electron chi connectivity index (χ0n) is 12.5. The molecule has 3 aromatic rings. The van der Waals surface area contributed by atoms with Gasteiger partial charge < -0.3 is 4.90 Å². The number of carbonyl (C=O) groups excluding carboxylic acids is 1. The van der Waals surface area contributed by atoms with E-state index in [1.807, 2.05) is 4.90 Å². The van der Waals surface area contributed by atoms with E-state index in [1.54, 1.807) is 36.9 Å². The van der Waals surface area contributed by atoms with Crippen LogP contribution in [0.4, 0.5) is 0 Å². The number of likely N-dealkylation sites (tertiary alicyclic amines) is 1. The van der Waals surface area contributed by atoms with Crippen molar-refractivity contribution in [1.82, 2.24) is 30.0 Å². The number of hydrogen-bond donors (Lipinski definition) is 1. The Balaban J connectivity index is 1.59. The maximum atomic E-state index is 12.6. The van der Waals surface area contributed by atoms with Gasteiger partial charge in [-0.3, -0.25) is 14.9 Å². The number of aromatic nitrogens is 5. The summed E-state index contributed by atoms with van der Waals surface area (Å²) in [6, 6.07) is 3.51. The van der Waals surface area contributed by atoms with E-state index >= 15 is 0 Å². The predicted octanol–water partition coefficient (Wildman–Crippen LogP) is 1.77. The fraction of sp³-hybridized carbons (Fsp3) is 0.312. The molecule has 0 aliphatic carbocycles. The number of pyridine rings is 1. The van der Waals surface area contributed by atoms with E-state index in [1.165, 1.54) is 0 Å². The van der Waals surface area contributed by atoms with Crippen LogP contribution in [0.3, 0.4) is 0 Å². The molecular formula is C16H16N6O. The van der Waals surface area contributed by atoms with Crippen LogP contribution in [0.2, 0.25) is 0 Å². The molecule has 1 aliphatic rings. The first-order valence-corrected chi connectivity index (χ1v) is 7.67. The quantitative estimate of drug-likeness (QED) is 0.779. The van der Waals surface area contributed by atoms with Crippen LogP contribution in [0.25, 0.3) is 11.2 Å². The molecule has 7 nitrogen and oxygen atoms in total. The van der Waals surface area contributed by atoms with Crippen molar-refractivity contribution in [1.29, 1.82) is 0 Å². The van der Waals surface area contributed by atoms with Crippen molar-refractivity contribution in [2.45, 2.75) is 18.8 Å². The van der Waals surface area contributed by atoms with Crippen molar-refractivity contribution in [2.24, 2.45) is 0 Å². The number of nitrogens with zero attached hydrogens (tertiary/aromatic N) is 5. The van der Waals surface area contributed by atoms with E-state index in [0.29, 0.717) is 17.8 Å². The Hall–Kier alpha value is -2.83. The summed E-state index contributed by atoms with van der Waals surface area (Å²) in [5.74, 6) is 0.253. The van der Waals surface area contributed by atoms with Gasteiger partial charge in [-0.1, -0.05) is 0 Å². The molecule has 1 N–H and O–H groups in total. The number of H-pyrrole nitrogens is 1. The highest BCUT2D eigenvalue weighted by Crippen LogP contribution is 2.29. The van der Waals surface area contributed by atoms with Crippen LogP contribution in [-0.4, -0.2) is 49.0 Å². The number of nitrogens with one attached hydrogen (secondary N) is 1. The highest BCUT2D eigenvalue weighted by molar-refractivity contribution is 5.94. The molecule has 1 amide bonds. The second kappa shape index (κ2) is 5.75. The number of hydrogen-bond acceptors (Lipinski definition) is 5. The highest BCUT2D eigenvalue weighted by atomic mass is 16.2. The molecular weight excluding hydrogens is 292 g/mol. The monoisotopic (exact) mass is 308 g/mol. The minimum Gasteiger partial charge on any atom is -0.338 e. The topological polar surface area (TPSA) is 87.7 Å². The minimum absolute atomic E-state index is 0.0482. The predicted molar refractivity (Wildman–Crippen MR) is 83.8 cm³/mol. The van der Waals surface area contributed by atoms with Gasteiger partial charge in [-0.2, -0.15) is 5.10 Å². The SMILES string of the molecule is O=C(c1ccncc1)N1CCCC(c2[nH]nc3nccnc23)C1. The first-order chi connectivity index (χ1) is 11.3. The van der Waals surface area contributed by atoms with Gasteiger partial charge in [0.2, 0.25) is 0 Å². The Morgan fingerprint density at radius 1 is 1.17 bits per heavy atom. The Labute approximate surface area is 132 Å². The van der Waals surface area contributed by atoms with Gasteiger partial charge in [-0.25, -0.2) is 9.97 Å². The molecule has 7 heteroatoms. The molecule has 0 saturated carbocycles. The van der Waals surface area contributed by atoms with Crippen LogP contribution >= 0.6 is 0 Å². The molecule has 4 heterocycles. The lowest BCUT2D eigenvalue weighted by Gasteiger charge is -2.32. The third kappa shape index (κ3) is 2.54. The average Bonchev–Trinajstić information content (AvgIpc) is 3.06. The fourth-order valence-corrected chi connectivity index (χ4v) is 3.13. The average molecular weight is 308 g/mol. The summed E-state index contributed by atoms with van der Waals surface area (Å²) in [6.45, 7) is 1.43. The lowest BCUT2D eigenvalue weighted by molar-refractivity contribution is 0.0706. The largest absolute Gasteiger partial charge is 0.338 e. The molecule has 0 bridgehead atoms. The molecule has 0 aromatic carbocycles. The first kappa shape index (κ1) is 13.8. The van der Waals surface area contributed by atoms with E-state index in [9.17, 15) is 4.79 Å². The summed E-state index contributed by atoms with van der Waals surface area (Å²) in [4.78, 5) is 27.1. The maximum absolute atomic E-state index is 12.6. The third-order valence-corrected chi connectivity index (χ3v) is 4.26. The van der Waals surface area contributed by atoms with Crippen molar-refractivity contribution in [3.05, 3.63) is 48.2 Å². The van der Waals surface area contributed by atoms with Crippen molar-refractivity contribution in [2.75, 3.05) is 13.1 Å². The summed E-state index contributed by atoms with van der Waals surface area (Å²) >= 11 is 0. The lowest BCUT2D eigenvalue weighted by Crippen LogP contribution is -2.39. The number of amides is 1. The fourth-order valence-electron chi connectivity index (χ4n) is 3.13. The van der Waals surface area contributed by atoms with Crippen LogP contribution in [-0.2, 0) is 0 Å². The number of aromatic amines is 1. The number of carbonyl (C=O) groups is 1. The molecule has 4 rings (SSSR count). The summed E-state index contributed by atoms with van der Waals surface area (Å²) in [5.41, 5.74) is 3.08.